The largest absolute Gasteiger partial charge is 0.550 e. The molecule has 0 atom stereocenters. The van der Waals surface area contributed by atoms with Crippen LogP contribution in [0.5, 0.6) is 0 Å². The summed E-state index contributed by atoms with van der Waals surface area (Å²) >= 11 is 0. The van der Waals surface area contributed by atoms with Crippen molar-refractivity contribution in [2.75, 3.05) is 20.6 Å². The molecule has 0 rings (SSSR count). The van der Waals surface area contributed by atoms with Gasteiger partial charge in [0.2, 0.25) is 0 Å². The summed E-state index contributed by atoms with van der Waals surface area (Å²) in [5, 5.41) is 17.8. The highest BCUT2D eigenvalue weighted by molar-refractivity contribution is 6.36. The van der Waals surface area contributed by atoms with Crippen molar-refractivity contribution >= 4 is 7.41 Å². The van der Waals surface area contributed by atoms with Crippen molar-refractivity contribution in [3.8, 4) is 5.97 Å². The maximum Gasteiger partial charge on any atom is 0.126 e. The number of aliphatic hydroxyl groups is 1. The summed E-state index contributed by atoms with van der Waals surface area (Å²) < 4.78 is 0.417. The molecule has 3 nitrogen and oxygen atoms in total. The molecule has 0 fully saturated rings. The van der Waals surface area contributed by atoms with E-state index in [0.717, 1.165) is 0 Å². The van der Waals surface area contributed by atoms with Crippen LogP contribution < -0.4 is 0 Å². The molecule has 0 saturated heterocycles. The van der Waals surface area contributed by atoms with Gasteiger partial charge in [-0.25, -0.2) is 5.26 Å². The van der Waals surface area contributed by atoms with Crippen molar-refractivity contribution in [1.82, 2.24) is 0 Å². The fraction of sp³-hybridized carbons (Fsp3) is 0.857. The van der Waals surface area contributed by atoms with Gasteiger partial charge in [0.1, 0.15) is 13.0 Å². The van der Waals surface area contributed by atoms with Crippen molar-refractivity contribution < 1.29 is 9.50 Å². The van der Waals surface area contributed by atoms with Crippen LogP contribution in [0.15, 0.2) is 0 Å². The Kier molecular flexibility index (Phi) is 3.09. The summed E-state index contributed by atoms with van der Waals surface area (Å²) in [5.74, 6) is 1.97. The monoisotopic (exact) mass is 154 g/mol. The van der Waals surface area contributed by atoms with E-state index in [0.29, 0.717) is 10.9 Å². The topological polar surface area (TPSA) is 44.0 Å². The lowest BCUT2D eigenvalue weighted by molar-refractivity contribution is -0.785. The molecule has 11 heavy (non-hydrogen) atoms. The van der Waals surface area contributed by atoms with Crippen LogP contribution in [0.3, 0.4) is 0 Å². The van der Waals surface area contributed by atoms with Gasteiger partial charge < -0.3 is 9.50 Å². The van der Waals surface area contributed by atoms with Crippen LogP contribution in [-0.4, -0.2) is 43.2 Å². The molecule has 0 saturated carbocycles. The van der Waals surface area contributed by atoms with Crippen molar-refractivity contribution in [1.29, 1.82) is 5.26 Å². The fourth-order valence-corrected chi connectivity index (χ4v) is 1.20. The highest BCUT2D eigenvalue weighted by Crippen LogP contribution is 2.07. The van der Waals surface area contributed by atoms with Crippen LogP contribution >= 0.6 is 0 Å². The average Bonchev–Trinajstić information content (AvgIpc) is 1.55. The summed E-state index contributed by atoms with van der Waals surface area (Å²) in [6.07, 6.45) is 0. The third kappa shape index (κ3) is 5.90. The molecule has 1 N–H and O–H groups in total. The summed E-state index contributed by atoms with van der Waals surface area (Å²) in [5.41, 5.74) is -0.725. The van der Waals surface area contributed by atoms with Gasteiger partial charge in [0.05, 0.1) is 6.54 Å². The zero-order valence-electron chi connectivity index (χ0n) is 7.63. The molecule has 0 aliphatic heterocycles. The molecular formula is C7H15BN2O. The van der Waals surface area contributed by atoms with Gasteiger partial charge in [0.25, 0.3) is 0 Å². The second-order valence-corrected chi connectivity index (χ2v) is 4.01. The average molecular weight is 154 g/mol. The van der Waals surface area contributed by atoms with Crippen molar-refractivity contribution in [2.45, 2.75) is 19.4 Å². The zero-order chi connectivity index (χ0) is 9.12. The predicted molar refractivity (Wildman–Crippen MR) is 44.6 cm³/mol. The number of quaternary nitrogens is 1. The minimum absolute atomic E-state index is 0.417. The van der Waals surface area contributed by atoms with E-state index in [1.807, 2.05) is 20.1 Å². The fourth-order valence-electron chi connectivity index (χ4n) is 1.20. The van der Waals surface area contributed by atoms with Crippen molar-refractivity contribution in [3.05, 3.63) is 0 Å². The molecule has 0 heterocycles. The summed E-state index contributed by atoms with van der Waals surface area (Å²) in [7, 11) is 5.25. The minimum Gasteiger partial charge on any atom is -0.550 e. The van der Waals surface area contributed by atoms with E-state index < -0.39 is 5.60 Å². The zero-order valence-corrected chi connectivity index (χ0v) is 7.63. The highest BCUT2D eigenvalue weighted by atomic mass is 16.3. The molecular weight excluding hydrogens is 139 g/mol. The van der Waals surface area contributed by atoms with E-state index in [2.05, 4.69) is 0 Å². The number of likely N-dealkylation sites (N-methyl/N-ethyl adjacent to an activating group) is 1. The second kappa shape index (κ2) is 3.25. The van der Waals surface area contributed by atoms with Gasteiger partial charge in [-0.05, 0) is 13.8 Å². The first kappa shape index (κ1) is 10.5. The number of rotatable bonds is 3. The van der Waals surface area contributed by atoms with E-state index in [1.54, 1.807) is 13.8 Å². The molecule has 0 aliphatic rings. The first-order valence-electron chi connectivity index (χ1n) is 3.56. The van der Waals surface area contributed by atoms with Gasteiger partial charge in [0.15, 0.2) is 0 Å². The molecule has 0 aliphatic carbocycles. The molecule has 0 aromatic rings. The normalized spacial score (nSPS) is 12.7. The lowest BCUT2D eigenvalue weighted by Crippen LogP contribution is -2.51. The lowest BCUT2D eigenvalue weighted by atomic mass is 9.89. The Morgan fingerprint density at radius 3 is 2.27 bits per heavy atom. The van der Waals surface area contributed by atoms with Gasteiger partial charge in [-0.3, -0.25) is 0 Å². The van der Waals surface area contributed by atoms with Gasteiger partial charge >= 0.3 is 0 Å². The van der Waals surface area contributed by atoms with Crippen LogP contribution in [0, 0.1) is 11.2 Å². The van der Waals surface area contributed by atoms with Crippen LogP contribution in [0.1, 0.15) is 13.8 Å². The molecule has 4 heteroatoms. The molecule has 0 aromatic heterocycles. The quantitative estimate of drug-likeness (QED) is 0.578. The number of hydrogen-bond acceptors (Lipinski definition) is 2. The third-order valence-electron chi connectivity index (χ3n) is 1.20. The Labute approximate surface area is 69.1 Å². The Morgan fingerprint density at radius 2 is 2.00 bits per heavy atom. The molecule has 0 bridgehead atoms. The van der Waals surface area contributed by atoms with Gasteiger partial charge in [-0.15, -0.1) is 5.97 Å². The van der Waals surface area contributed by atoms with Gasteiger partial charge in [-0.1, -0.05) is 0 Å². The van der Waals surface area contributed by atoms with E-state index >= 15 is 0 Å². The molecule has 0 amide bonds. The summed E-state index contributed by atoms with van der Waals surface area (Å²) in [6, 6.07) is 0. The molecule has 0 unspecified atom stereocenters. The maximum absolute atomic E-state index is 9.43. The summed E-state index contributed by atoms with van der Waals surface area (Å²) in [6.45, 7) is 4.01. The van der Waals surface area contributed by atoms with E-state index in [4.69, 9.17) is 5.26 Å². The van der Waals surface area contributed by atoms with Crippen LogP contribution in [0.2, 0.25) is 0 Å². The van der Waals surface area contributed by atoms with E-state index in [9.17, 15) is 5.11 Å². The molecule has 62 valence electrons. The Balaban J connectivity index is 4.04. The Morgan fingerprint density at radius 1 is 1.55 bits per heavy atom. The SMILES string of the molecule is CC(C)(O)C[N+](C)(C)[B-]C#N. The summed E-state index contributed by atoms with van der Waals surface area (Å²) in [4.78, 5) is 0. The van der Waals surface area contributed by atoms with Crippen LogP contribution in [-0.2, 0) is 0 Å². The first-order valence-corrected chi connectivity index (χ1v) is 3.56. The lowest BCUT2D eigenvalue weighted by Gasteiger charge is -2.43. The first-order chi connectivity index (χ1) is 4.77. The van der Waals surface area contributed by atoms with E-state index in [-0.39, 0.29) is 0 Å². The maximum atomic E-state index is 9.43. The Hall–Kier alpha value is -0.525. The van der Waals surface area contributed by atoms with Gasteiger partial charge in [0, 0.05) is 14.1 Å². The smallest absolute Gasteiger partial charge is 0.126 e. The highest BCUT2D eigenvalue weighted by Gasteiger charge is 2.19. The van der Waals surface area contributed by atoms with Crippen molar-refractivity contribution in [3.63, 3.8) is 0 Å². The molecule has 0 aromatic carbocycles. The van der Waals surface area contributed by atoms with Crippen molar-refractivity contribution in [2.24, 2.45) is 0 Å². The van der Waals surface area contributed by atoms with Crippen LogP contribution in [0.25, 0.3) is 0 Å². The third-order valence-corrected chi connectivity index (χ3v) is 1.20. The second-order valence-electron chi connectivity index (χ2n) is 4.01. The molecule has 2 radical (unpaired) electrons. The predicted octanol–water partition coefficient (Wildman–Crippen LogP) is -0.0660. The number of hydrogen-bond donors (Lipinski definition) is 1. The Bertz CT molecular complexity index is 166. The number of nitrogens with zero attached hydrogens (tertiary/aromatic N) is 2. The van der Waals surface area contributed by atoms with Crippen LogP contribution in [0.4, 0.5) is 0 Å². The number of nitriles is 1. The minimum atomic E-state index is -0.725. The van der Waals surface area contributed by atoms with Gasteiger partial charge in [-0.2, -0.15) is 0 Å². The molecule has 0 spiro atoms. The van der Waals surface area contributed by atoms with E-state index in [1.165, 1.54) is 7.41 Å². The standard InChI is InChI=1S/C7H15BN2O/c1-7(2,11)5-10(3,4)8-6-9/h11H,5H2,1-4H3.